The van der Waals surface area contributed by atoms with E-state index in [1.54, 1.807) is 0 Å². The lowest BCUT2D eigenvalue weighted by Gasteiger charge is -2.11. The molecule has 1 aromatic heterocycles. The molecule has 0 radical (unpaired) electrons. The average Bonchev–Trinajstić information content (AvgIpc) is 2.85. The zero-order chi connectivity index (χ0) is 14.7. The number of rotatable bonds is 4. The maximum atomic E-state index is 11.6. The molecule has 0 saturated heterocycles. The van der Waals surface area contributed by atoms with Crippen LogP contribution in [0.3, 0.4) is 0 Å². The third kappa shape index (κ3) is 3.96. The molecule has 0 bridgehead atoms. The van der Waals surface area contributed by atoms with Gasteiger partial charge in [-0.2, -0.15) is 0 Å². The van der Waals surface area contributed by atoms with Gasteiger partial charge in [0.05, 0.1) is 12.0 Å². The highest BCUT2D eigenvalue weighted by Crippen LogP contribution is 2.30. The van der Waals surface area contributed by atoms with Gasteiger partial charge in [-0.05, 0) is 91.4 Å². The molecule has 2 rings (SSSR count). The Hall–Kier alpha value is 0.340. The normalized spacial score (nSPS) is 10.4. The van der Waals surface area contributed by atoms with Crippen molar-refractivity contribution in [2.45, 2.75) is 6.61 Å². The number of nitrogens with one attached hydrogen (secondary N) is 1. The van der Waals surface area contributed by atoms with Gasteiger partial charge in [0.1, 0.15) is 12.4 Å². The predicted molar refractivity (Wildman–Crippen MR) is 105 cm³/mol. The third-order valence-corrected chi connectivity index (χ3v) is 5.60. The second-order valence-electron chi connectivity index (χ2n) is 3.74. The number of amides is 1. The first-order valence-corrected chi connectivity index (χ1v) is 9.49. The van der Waals surface area contributed by atoms with Gasteiger partial charge in [0.25, 0.3) is 5.91 Å². The number of halogens is 3. The molecule has 8 heteroatoms. The van der Waals surface area contributed by atoms with Gasteiger partial charge < -0.3 is 4.74 Å². The Morgan fingerprint density at radius 2 is 1.95 bits per heavy atom. The smallest absolute Gasteiger partial charge is 0.275 e. The lowest BCUT2D eigenvalue weighted by Crippen LogP contribution is -2.30. The van der Waals surface area contributed by atoms with E-state index in [-0.39, 0.29) is 5.91 Å². The monoisotopic (exact) mass is 626 g/mol. The van der Waals surface area contributed by atoms with Gasteiger partial charge in [0, 0.05) is 9.13 Å². The van der Waals surface area contributed by atoms with Crippen LogP contribution < -0.4 is 16.0 Å². The van der Waals surface area contributed by atoms with Crippen LogP contribution in [0.1, 0.15) is 15.2 Å². The van der Waals surface area contributed by atoms with E-state index in [0.717, 1.165) is 18.5 Å². The zero-order valence-corrected chi connectivity index (χ0v) is 17.2. The van der Waals surface area contributed by atoms with E-state index in [9.17, 15) is 4.79 Å². The maximum Gasteiger partial charge on any atom is 0.275 e. The lowest BCUT2D eigenvalue weighted by atomic mass is 10.2. The molecule has 0 spiro atoms. The van der Waals surface area contributed by atoms with Crippen molar-refractivity contribution in [1.82, 2.24) is 5.43 Å². The molecule has 0 aliphatic heterocycles. The van der Waals surface area contributed by atoms with Gasteiger partial charge in [-0.15, -0.1) is 11.3 Å². The molecular weight excluding hydrogens is 617 g/mol. The van der Waals surface area contributed by atoms with E-state index in [1.165, 1.54) is 14.9 Å². The highest BCUT2D eigenvalue weighted by atomic mass is 127. The largest absolute Gasteiger partial charge is 0.487 e. The van der Waals surface area contributed by atoms with Gasteiger partial charge >= 0.3 is 0 Å². The summed E-state index contributed by atoms with van der Waals surface area (Å²) >= 11 is 8.13. The van der Waals surface area contributed by atoms with Gasteiger partial charge in [-0.25, -0.2) is 5.84 Å². The summed E-state index contributed by atoms with van der Waals surface area (Å²) in [6, 6.07) is 5.99. The molecule has 1 amide bonds. The molecule has 4 nitrogen and oxygen atoms in total. The summed E-state index contributed by atoms with van der Waals surface area (Å²) in [5.41, 5.74) is 2.98. The molecule has 0 aliphatic rings. The third-order valence-electron chi connectivity index (χ3n) is 2.42. The summed E-state index contributed by atoms with van der Waals surface area (Å²) in [5.74, 6) is 5.73. The molecule has 1 aromatic carbocycles. The van der Waals surface area contributed by atoms with Crippen LogP contribution in [-0.4, -0.2) is 5.91 Å². The number of benzene rings is 1. The van der Waals surface area contributed by atoms with E-state index in [0.29, 0.717) is 11.5 Å². The maximum absolute atomic E-state index is 11.6. The number of thiophene rings is 1. The summed E-state index contributed by atoms with van der Waals surface area (Å²) < 4.78 is 9.15. The minimum Gasteiger partial charge on any atom is -0.487 e. The second kappa shape index (κ2) is 7.56. The summed E-state index contributed by atoms with van der Waals surface area (Å²) in [6.45, 7) is 0.346. The SMILES string of the molecule is NNC(=O)c1sccc1COc1c(I)cc(I)cc1I. The minimum atomic E-state index is -0.286. The Kier molecular flexibility index (Phi) is 6.31. The zero-order valence-electron chi connectivity index (χ0n) is 9.95. The highest BCUT2D eigenvalue weighted by molar-refractivity contribution is 14.1. The molecule has 0 fully saturated rings. The number of hydrogen-bond donors (Lipinski definition) is 2. The first kappa shape index (κ1) is 16.7. The lowest BCUT2D eigenvalue weighted by molar-refractivity contribution is 0.0955. The first-order chi connectivity index (χ1) is 9.52. The number of carbonyl (C=O) groups is 1. The second-order valence-corrected chi connectivity index (χ2v) is 8.22. The minimum absolute atomic E-state index is 0.286. The molecule has 3 N–H and O–H groups in total. The van der Waals surface area contributed by atoms with Gasteiger partial charge in [-0.3, -0.25) is 10.2 Å². The molecule has 106 valence electrons. The molecule has 0 saturated carbocycles. The van der Waals surface area contributed by atoms with Crippen LogP contribution in [0.2, 0.25) is 0 Å². The van der Waals surface area contributed by atoms with Crippen molar-refractivity contribution in [2.75, 3.05) is 0 Å². The van der Waals surface area contributed by atoms with Crippen LogP contribution in [-0.2, 0) is 6.61 Å². The Labute approximate surface area is 161 Å². The Morgan fingerprint density at radius 3 is 2.55 bits per heavy atom. The fourth-order valence-electron chi connectivity index (χ4n) is 1.53. The molecule has 1 heterocycles. The average molecular weight is 626 g/mol. The van der Waals surface area contributed by atoms with E-state index in [2.05, 4.69) is 85.3 Å². The Bertz CT molecular complexity index is 622. The van der Waals surface area contributed by atoms with Crippen molar-refractivity contribution in [3.05, 3.63) is 44.7 Å². The van der Waals surface area contributed by atoms with E-state index in [1.807, 2.05) is 11.4 Å². The molecule has 0 aliphatic carbocycles. The van der Waals surface area contributed by atoms with Crippen molar-refractivity contribution in [3.8, 4) is 5.75 Å². The highest BCUT2D eigenvalue weighted by Gasteiger charge is 2.14. The molecule has 2 aromatic rings. The number of nitrogens with two attached hydrogens (primary N) is 1. The van der Waals surface area contributed by atoms with Crippen LogP contribution in [0.5, 0.6) is 5.75 Å². The summed E-state index contributed by atoms with van der Waals surface area (Å²) in [4.78, 5) is 12.2. The fourth-order valence-corrected chi connectivity index (χ4v) is 6.24. The summed E-state index contributed by atoms with van der Waals surface area (Å²) in [5, 5.41) is 1.85. The van der Waals surface area contributed by atoms with Crippen LogP contribution in [0.25, 0.3) is 0 Å². The molecule has 0 unspecified atom stereocenters. The summed E-state index contributed by atoms with van der Waals surface area (Å²) in [7, 11) is 0. The van der Waals surface area contributed by atoms with Crippen molar-refractivity contribution < 1.29 is 9.53 Å². The Morgan fingerprint density at radius 1 is 1.30 bits per heavy atom. The van der Waals surface area contributed by atoms with Gasteiger partial charge in [0.2, 0.25) is 0 Å². The topological polar surface area (TPSA) is 64.3 Å². The van der Waals surface area contributed by atoms with E-state index in [4.69, 9.17) is 10.6 Å². The van der Waals surface area contributed by atoms with Gasteiger partial charge in [-0.1, -0.05) is 0 Å². The predicted octanol–water partition coefficient (Wildman–Crippen LogP) is 3.74. The van der Waals surface area contributed by atoms with E-state index >= 15 is 0 Å². The van der Waals surface area contributed by atoms with Crippen LogP contribution >= 0.6 is 79.1 Å². The number of hydrazine groups is 1. The van der Waals surface area contributed by atoms with Crippen LogP contribution in [0, 0.1) is 10.7 Å². The van der Waals surface area contributed by atoms with Crippen molar-refractivity contribution >= 4 is 85.0 Å². The standard InChI is InChI=1S/C12H9I3N2O2S/c13-7-3-8(14)10(9(15)4-7)19-5-6-1-2-20-11(6)12(18)17-16/h1-4H,5,16H2,(H,17,18). The quantitative estimate of drug-likeness (QED) is 0.236. The summed E-state index contributed by atoms with van der Waals surface area (Å²) in [6.07, 6.45) is 0. The first-order valence-electron chi connectivity index (χ1n) is 5.37. The number of hydrogen-bond acceptors (Lipinski definition) is 4. The van der Waals surface area contributed by atoms with Gasteiger partial charge in [0.15, 0.2) is 0 Å². The number of ether oxygens (including phenoxy) is 1. The van der Waals surface area contributed by atoms with Crippen LogP contribution in [0.4, 0.5) is 0 Å². The van der Waals surface area contributed by atoms with E-state index < -0.39 is 0 Å². The number of carbonyl (C=O) groups excluding carboxylic acids is 1. The molecular formula is C12H9I3N2O2S. The van der Waals surface area contributed by atoms with Crippen molar-refractivity contribution in [1.29, 1.82) is 0 Å². The Balaban J connectivity index is 2.18. The van der Waals surface area contributed by atoms with Crippen molar-refractivity contribution in [2.24, 2.45) is 5.84 Å². The number of nitrogen functional groups attached to an aromatic ring is 1. The fraction of sp³-hybridized carbons (Fsp3) is 0.0833. The van der Waals surface area contributed by atoms with Crippen molar-refractivity contribution in [3.63, 3.8) is 0 Å². The van der Waals surface area contributed by atoms with Crippen LogP contribution in [0.15, 0.2) is 23.6 Å². The molecule has 20 heavy (non-hydrogen) atoms. The molecule has 0 atom stereocenters.